The summed E-state index contributed by atoms with van der Waals surface area (Å²) in [5.41, 5.74) is 1.12. The zero-order valence-corrected chi connectivity index (χ0v) is 13.1. The van der Waals surface area contributed by atoms with Crippen LogP contribution in [-0.2, 0) is 9.47 Å². The van der Waals surface area contributed by atoms with Crippen LogP contribution in [0.2, 0.25) is 0 Å². The molecule has 6 heteroatoms. The monoisotopic (exact) mass is 292 g/mol. The summed E-state index contributed by atoms with van der Waals surface area (Å²) in [6.07, 6.45) is 1.93. The number of morpholine rings is 2. The molecule has 3 heterocycles. The van der Waals surface area contributed by atoms with Crippen LogP contribution in [0.3, 0.4) is 0 Å². The van der Waals surface area contributed by atoms with Crippen LogP contribution in [-0.4, -0.2) is 61.6 Å². The third kappa shape index (κ3) is 2.96. The number of rotatable bonds is 2. The van der Waals surface area contributed by atoms with E-state index in [1.54, 1.807) is 0 Å². The van der Waals surface area contributed by atoms with Gasteiger partial charge in [-0.1, -0.05) is 0 Å². The Morgan fingerprint density at radius 3 is 2.29 bits per heavy atom. The van der Waals surface area contributed by atoms with Crippen molar-refractivity contribution in [1.82, 2.24) is 9.97 Å². The molecule has 6 nitrogen and oxygen atoms in total. The lowest BCUT2D eigenvalue weighted by Crippen LogP contribution is -2.46. The Bertz CT molecular complexity index is 497. The lowest BCUT2D eigenvalue weighted by Gasteiger charge is -2.37. The van der Waals surface area contributed by atoms with Crippen molar-refractivity contribution in [3.63, 3.8) is 0 Å². The van der Waals surface area contributed by atoms with Gasteiger partial charge in [-0.05, 0) is 20.8 Å². The molecule has 0 aromatic carbocycles. The van der Waals surface area contributed by atoms with Crippen molar-refractivity contribution < 1.29 is 9.47 Å². The van der Waals surface area contributed by atoms with Gasteiger partial charge in [-0.15, -0.1) is 0 Å². The van der Waals surface area contributed by atoms with E-state index >= 15 is 0 Å². The fourth-order valence-corrected chi connectivity index (χ4v) is 2.92. The van der Waals surface area contributed by atoms with Crippen molar-refractivity contribution in [1.29, 1.82) is 0 Å². The SMILES string of the molecule is Cc1cnc(N2CCOC[C@H]2C)nc1N1CCOC[C@H]1C. The van der Waals surface area contributed by atoms with Gasteiger partial charge in [-0.25, -0.2) is 4.98 Å². The van der Waals surface area contributed by atoms with E-state index in [2.05, 4.69) is 35.6 Å². The van der Waals surface area contributed by atoms with Gasteiger partial charge < -0.3 is 19.3 Å². The minimum Gasteiger partial charge on any atom is -0.377 e. The second-order valence-corrected chi connectivity index (χ2v) is 5.91. The van der Waals surface area contributed by atoms with Crippen molar-refractivity contribution in [3.05, 3.63) is 11.8 Å². The molecule has 2 atom stereocenters. The number of aryl methyl sites for hydroxylation is 1. The molecule has 0 spiro atoms. The maximum absolute atomic E-state index is 5.52. The Kier molecular flexibility index (Phi) is 4.26. The van der Waals surface area contributed by atoms with E-state index in [0.29, 0.717) is 12.1 Å². The molecule has 2 saturated heterocycles. The zero-order chi connectivity index (χ0) is 14.8. The van der Waals surface area contributed by atoms with E-state index in [-0.39, 0.29) is 0 Å². The summed E-state index contributed by atoms with van der Waals surface area (Å²) in [4.78, 5) is 13.9. The van der Waals surface area contributed by atoms with Gasteiger partial charge in [0.1, 0.15) is 5.82 Å². The first-order chi connectivity index (χ1) is 10.2. The maximum Gasteiger partial charge on any atom is 0.227 e. The molecule has 3 rings (SSSR count). The Labute approximate surface area is 126 Å². The minimum absolute atomic E-state index is 0.316. The molecule has 0 bridgehead atoms. The van der Waals surface area contributed by atoms with Gasteiger partial charge in [-0.2, -0.15) is 4.98 Å². The van der Waals surface area contributed by atoms with Crippen LogP contribution in [0.15, 0.2) is 6.20 Å². The molecule has 2 aliphatic heterocycles. The molecule has 2 fully saturated rings. The normalized spacial score (nSPS) is 27.0. The van der Waals surface area contributed by atoms with Crippen LogP contribution in [0.1, 0.15) is 19.4 Å². The summed E-state index contributed by atoms with van der Waals surface area (Å²) in [5, 5.41) is 0. The van der Waals surface area contributed by atoms with Crippen molar-refractivity contribution in [2.45, 2.75) is 32.9 Å². The topological polar surface area (TPSA) is 50.7 Å². The predicted octanol–water partition coefficient (Wildman–Crippen LogP) is 1.24. The Balaban J connectivity index is 1.88. The summed E-state index contributed by atoms with van der Waals surface area (Å²) in [7, 11) is 0. The van der Waals surface area contributed by atoms with Gasteiger partial charge in [-0.3, -0.25) is 0 Å². The highest BCUT2D eigenvalue weighted by Gasteiger charge is 2.25. The first kappa shape index (κ1) is 14.5. The van der Waals surface area contributed by atoms with Gasteiger partial charge in [0.2, 0.25) is 5.95 Å². The molecule has 0 unspecified atom stereocenters. The molecule has 2 aliphatic rings. The van der Waals surface area contributed by atoms with E-state index in [1.807, 2.05) is 6.20 Å². The van der Waals surface area contributed by atoms with Crippen molar-refractivity contribution in [3.8, 4) is 0 Å². The Morgan fingerprint density at radius 1 is 1.05 bits per heavy atom. The van der Waals surface area contributed by atoms with Crippen LogP contribution < -0.4 is 9.80 Å². The lowest BCUT2D eigenvalue weighted by atomic mass is 10.2. The first-order valence-electron chi connectivity index (χ1n) is 7.69. The molecule has 0 N–H and O–H groups in total. The van der Waals surface area contributed by atoms with Crippen LogP contribution in [0.25, 0.3) is 0 Å². The van der Waals surface area contributed by atoms with Crippen LogP contribution in [0.4, 0.5) is 11.8 Å². The maximum atomic E-state index is 5.52. The number of aromatic nitrogens is 2. The standard InChI is InChI=1S/C15H24N4O2/c1-11-8-16-15(19-5-7-21-10-13(19)3)17-14(11)18-4-6-20-9-12(18)2/h8,12-13H,4-7,9-10H2,1-3H3/t12-,13-/m1/s1. The largest absolute Gasteiger partial charge is 0.377 e. The summed E-state index contributed by atoms with van der Waals surface area (Å²) in [6.45, 7) is 11.1. The summed E-state index contributed by atoms with van der Waals surface area (Å²) < 4.78 is 11.0. The predicted molar refractivity (Wildman–Crippen MR) is 82.0 cm³/mol. The third-order valence-corrected chi connectivity index (χ3v) is 4.20. The molecule has 0 radical (unpaired) electrons. The van der Waals surface area contributed by atoms with Crippen LogP contribution >= 0.6 is 0 Å². The smallest absolute Gasteiger partial charge is 0.227 e. The zero-order valence-electron chi connectivity index (χ0n) is 13.1. The van der Waals surface area contributed by atoms with Gasteiger partial charge in [0.15, 0.2) is 0 Å². The molecule has 21 heavy (non-hydrogen) atoms. The average Bonchev–Trinajstić information content (AvgIpc) is 2.49. The minimum atomic E-state index is 0.316. The van der Waals surface area contributed by atoms with E-state index in [4.69, 9.17) is 14.5 Å². The van der Waals surface area contributed by atoms with Gasteiger partial charge in [0, 0.05) is 24.8 Å². The van der Waals surface area contributed by atoms with Crippen LogP contribution in [0.5, 0.6) is 0 Å². The third-order valence-electron chi connectivity index (χ3n) is 4.20. The molecule has 0 amide bonds. The van der Waals surface area contributed by atoms with E-state index in [0.717, 1.165) is 56.8 Å². The number of anilines is 2. The highest BCUT2D eigenvalue weighted by Crippen LogP contribution is 2.24. The van der Waals surface area contributed by atoms with E-state index < -0.39 is 0 Å². The summed E-state index contributed by atoms with van der Waals surface area (Å²) in [5.74, 6) is 1.85. The Morgan fingerprint density at radius 2 is 1.67 bits per heavy atom. The molecule has 116 valence electrons. The number of nitrogens with zero attached hydrogens (tertiary/aromatic N) is 4. The molecule has 1 aromatic heterocycles. The summed E-state index contributed by atoms with van der Waals surface area (Å²) in [6, 6.07) is 0.665. The first-order valence-corrected chi connectivity index (χ1v) is 7.69. The van der Waals surface area contributed by atoms with Crippen molar-refractivity contribution >= 4 is 11.8 Å². The molecular weight excluding hydrogens is 268 g/mol. The van der Waals surface area contributed by atoms with Crippen molar-refractivity contribution in [2.24, 2.45) is 0 Å². The van der Waals surface area contributed by atoms with Crippen molar-refractivity contribution in [2.75, 3.05) is 49.3 Å². The van der Waals surface area contributed by atoms with Gasteiger partial charge in [0.05, 0.1) is 38.5 Å². The fourth-order valence-electron chi connectivity index (χ4n) is 2.92. The molecular formula is C15H24N4O2. The number of hydrogen-bond acceptors (Lipinski definition) is 6. The number of ether oxygens (including phenoxy) is 2. The molecule has 1 aromatic rings. The molecule has 0 saturated carbocycles. The average molecular weight is 292 g/mol. The summed E-state index contributed by atoms with van der Waals surface area (Å²) >= 11 is 0. The van der Waals surface area contributed by atoms with Gasteiger partial charge >= 0.3 is 0 Å². The lowest BCUT2D eigenvalue weighted by molar-refractivity contribution is 0.0971. The fraction of sp³-hybridized carbons (Fsp3) is 0.733. The Hall–Kier alpha value is -1.40. The highest BCUT2D eigenvalue weighted by molar-refractivity contribution is 5.51. The van der Waals surface area contributed by atoms with E-state index in [1.165, 1.54) is 0 Å². The van der Waals surface area contributed by atoms with Gasteiger partial charge in [0.25, 0.3) is 0 Å². The molecule has 0 aliphatic carbocycles. The van der Waals surface area contributed by atoms with E-state index in [9.17, 15) is 0 Å². The quantitative estimate of drug-likeness (QED) is 0.817. The second kappa shape index (κ2) is 6.15. The van der Waals surface area contributed by atoms with Crippen LogP contribution in [0, 0.1) is 6.92 Å². The number of hydrogen-bond donors (Lipinski definition) is 0. The highest BCUT2D eigenvalue weighted by atomic mass is 16.5. The second-order valence-electron chi connectivity index (χ2n) is 5.91.